The summed E-state index contributed by atoms with van der Waals surface area (Å²) in [5.41, 5.74) is 14.7. The number of hydrogen-bond acceptors (Lipinski definition) is 5. The van der Waals surface area contributed by atoms with E-state index in [4.69, 9.17) is 34.7 Å². The average Bonchev–Trinajstić information content (AvgIpc) is 2.78. The Morgan fingerprint density at radius 1 is 1.00 bits per heavy atom. The molecule has 2 aromatic rings. The van der Waals surface area contributed by atoms with E-state index < -0.39 is 0 Å². The van der Waals surface area contributed by atoms with Crippen LogP contribution in [0.25, 0.3) is 0 Å². The second-order valence-electron chi connectivity index (χ2n) is 8.92. The Morgan fingerprint density at radius 2 is 1.72 bits per heavy atom. The van der Waals surface area contributed by atoms with Gasteiger partial charge in [-0.15, -0.1) is 0 Å². The highest BCUT2D eigenvalue weighted by atomic mass is 35.5. The van der Waals surface area contributed by atoms with Crippen molar-refractivity contribution in [2.24, 2.45) is 0 Å². The van der Waals surface area contributed by atoms with Gasteiger partial charge in [-0.1, -0.05) is 36.2 Å². The number of nitrogens with two attached hydrogens (primary N) is 2. The monoisotopic (exact) mass is 479 g/mol. The highest BCUT2D eigenvalue weighted by Gasteiger charge is 2.33. The van der Waals surface area contributed by atoms with Gasteiger partial charge in [-0.2, -0.15) is 0 Å². The number of nitrogens with zero attached hydrogens (tertiary/aromatic N) is 3. The molecule has 2 heterocycles. The lowest BCUT2D eigenvalue weighted by Gasteiger charge is -2.48. The Labute approximate surface area is 200 Å². The summed E-state index contributed by atoms with van der Waals surface area (Å²) >= 11 is 12.4. The first kappa shape index (κ1) is 23.4. The normalized spacial score (nSPS) is 21.2. The molecule has 4 N–H and O–H groups in total. The molecule has 32 heavy (non-hydrogen) atoms. The number of benzene rings is 2. The maximum atomic E-state index is 14.2. The highest BCUT2D eigenvalue weighted by Crippen LogP contribution is 2.34. The minimum absolute atomic E-state index is 0.219. The fourth-order valence-electron chi connectivity index (χ4n) is 5.07. The van der Waals surface area contributed by atoms with Crippen molar-refractivity contribution in [1.29, 1.82) is 0 Å². The van der Waals surface area contributed by atoms with Crippen molar-refractivity contribution in [1.82, 2.24) is 9.80 Å². The van der Waals surface area contributed by atoms with Gasteiger partial charge in [0.05, 0.1) is 22.1 Å². The van der Waals surface area contributed by atoms with Crippen LogP contribution in [0.3, 0.4) is 0 Å². The molecule has 2 fully saturated rings. The van der Waals surface area contributed by atoms with Crippen LogP contribution in [-0.4, -0.2) is 54.6 Å². The molecule has 2 saturated heterocycles. The van der Waals surface area contributed by atoms with E-state index in [0.717, 1.165) is 57.7 Å². The molecule has 0 amide bonds. The molecule has 174 valence electrons. The molecule has 8 heteroatoms. The summed E-state index contributed by atoms with van der Waals surface area (Å²) in [6.07, 6.45) is 3.28. The van der Waals surface area contributed by atoms with Gasteiger partial charge < -0.3 is 16.4 Å². The topological polar surface area (TPSA) is 61.8 Å². The number of piperazine rings is 1. The predicted octanol–water partition coefficient (Wildman–Crippen LogP) is 4.86. The van der Waals surface area contributed by atoms with Gasteiger partial charge in [0.1, 0.15) is 5.82 Å². The Hall–Kier alpha value is -1.73. The first-order chi connectivity index (χ1) is 15.4. The molecular formula is C24H32Cl2FN5. The standard InChI is InChI=1S/C24H32Cl2FN5/c1-2-18-15-31(24-13-23(29)22(28)12-20(24)26)9-10-32(18)19-5-7-30(8-6-19)14-16-3-4-17(25)11-21(16)27/h3-4,11-13,18-19H,2,5-10,14-15,28-29H2,1H3/t18-/m0/s1. The van der Waals surface area contributed by atoms with Gasteiger partial charge in [0.15, 0.2) is 0 Å². The average molecular weight is 480 g/mol. The quantitative estimate of drug-likeness (QED) is 0.599. The van der Waals surface area contributed by atoms with Gasteiger partial charge in [0.2, 0.25) is 0 Å². The van der Waals surface area contributed by atoms with E-state index in [1.165, 1.54) is 6.07 Å². The second kappa shape index (κ2) is 10.0. The lowest BCUT2D eigenvalue weighted by atomic mass is 9.97. The third-order valence-corrected chi connectivity index (χ3v) is 7.47. The molecule has 2 aliphatic heterocycles. The van der Waals surface area contributed by atoms with Crippen molar-refractivity contribution in [3.05, 3.63) is 51.8 Å². The number of halogens is 3. The fourth-order valence-corrected chi connectivity index (χ4v) is 5.52. The first-order valence-electron chi connectivity index (χ1n) is 11.4. The van der Waals surface area contributed by atoms with Gasteiger partial charge in [-0.3, -0.25) is 9.80 Å². The molecular weight excluding hydrogens is 448 g/mol. The van der Waals surface area contributed by atoms with Crippen LogP contribution in [0, 0.1) is 5.82 Å². The number of likely N-dealkylation sites (tertiary alicyclic amines) is 1. The number of hydrogen-bond donors (Lipinski definition) is 2. The summed E-state index contributed by atoms with van der Waals surface area (Å²) in [6, 6.07) is 9.62. The molecule has 4 rings (SSSR count). The van der Waals surface area contributed by atoms with Crippen molar-refractivity contribution in [2.75, 3.05) is 49.1 Å². The molecule has 0 aromatic heterocycles. The van der Waals surface area contributed by atoms with E-state index in [1.807, 2.05) is 6.07 Å². The molecule has 5 nitrogen and oxygen atoms in total. The number of rotatable bonds is 5. The summed E-state index contributed by atoms with van der Waals surface area (Å²) in [5, 5.41) is 1.10. The second-order valence-corrected chi connectivity index (χ2v) is 9.77. The van der Waals surface area contributed by atoms with Crippen molar-refractivity contribution in [3.63, 3.8) is 0 Å². The Kier molecular flexibility index (Phi) is 7.35. The maximum Gasteiger partial charge on any atom is 0.129 e. The Balaban J connectivity index is 1.35. The summed E-state index contributed by atoms with van der Waals surface area (Å²) < 4.78 is 14.2. The molecule has 1 atom stereocenters. The fraction of sp³-hybridized carbons (Fsp3) is 0.500. The molecule has 0 aliphatic carbocycles. The van der Waals surface area contributed by atoms with E-state index in [2.05, 4.69) is 21.6 Å². The van der Waals surface area contributed by atoms with Crippen molar-refractivity contribution in [2.45, 2.75) is 44.8 Å². The zero-order valence-corrected chi connectivity index (χ0v) is 20.0. The summed E-state index contributed by atoms with van der Waals surface area (Å²) in [4.78, 5) is 7.35. The van der Waals surface area contributed by atoms with E-state index in [-0.39, 0.29) is 5.82 Å². The van der Waals surface area contributed by atoms with E-state index in [1.54, 1.807) is 18.2 Å². The van der Waals surface area contributed by atoms with Crippen LogP contribution in [0.4, 0.5) is 21.5 Å². The summed E-state index contributed by atoms with van der Waals surface area (Å²) in [7, 11) is 0. The summed E-state index contributed by atoms with van der Waals surface area (Å²) in [5.74, 6) is -0.219. The third kappa shape index (κ3) is 5.09. The van der Waals surface area contributed by atoms with Crippen LogP contribution >= 0.6 is 23.2 Å². The number of anilines is 3. The smallest absolute Gasteiger partial charge is 0.129 e. The van der Waals surface area contributed by atoms with Gasteiger partial charge >= 0.3 is 0 Å². The largest absolute Gasteiger partial charge is 0.397 e. The SMILES string of the molecule is CC[C@H]1CN(c2cc(N)c(N)cc2Cl)CCN1C1CCN(Cc2ccc(Cl)cc2F)CC1. The Morgan fingerprint density at radius 3 is 2.41 bits per heavy atom. The van der Waals surface area contributed by atoms with E-state index in [9.17, 15) is 4.39 Å². The van der Waals surface area contributed by atoms with Crippen LogP contribution in [0.5, 0.6) is 0 Å². The molecule has 0 bridgehead atoms. The van der Waals surface area contributed by atoms with Gasteiger partial charge in [-0.25, -0.2) is 4.39 Å². The van der Waals surface area contributed by atoms with Crippen molar-refractivity contribution < 1.29 is 4.39 Å². The molecule has 0 unspecified atom stereocenters. The molecule has 0 radical (unpaired) electrons. The maximum absolute atomic E-state index is 14.2. The highest BCUT2D eigenvalue weighted by molar-refractivity contribution is 6.33. The Bertz CT molecular complexity index is 948. The van der Waals surface area contributed by atoms with Crippen molar-refractivity contribution in [3.8, 4) is 0 Å². The van der Waals surface area contributed by atoms with Crippen LogP contribution in [0.2, 0.25) is 10.0 Å². The van der Waals surface area contributed by atoms with Crippen molar-refractivity contribution >= 4 is 40.3 Å². The van der Waals surface area contributed by atoms with Crippen LogP contribution < -0.4 is 16.4 Å². The first-order valence-corrected chi connectivity index (χ1v) is 12.1. The lowest BCUT2D eigenvalue weighted by Crippen LogP contribution is -2.58. The molecule has 0 saturated carbocycles. The number of piperidine rings is 1. The molecule has 2 aliphatic rings. The summed E-state index contributed by atoms with van der Waals surface area (Å²) in [6.45, 7) is 7.67. The third-order valence-electron chi connectivity index (χ3n) is 6.93. The number of nitrogen functional groups attached to an aromatic ring is 2. The van der Waals surface area contributed by atoms with Crippen LogP contribution in [0.1, 0.15) is 31.7 Å². The minimum atomic E-state index is -0.219. The zero-order chi connectivity index (χ0) is 22.8. The van der Waals surface area contributed by atoms with Crippen LogP contribution in [-0.2, 0) is 6.54 Å². The molecule has 0 spiro atoms. The van der Waals surface area contributed by atoms with Crippen LogP contribution in [0.15, 0.2) is 30.3 Å². The minimum Gasteiger partial charge on any atom is -0.397 e. The van der Waals surface area contributed by atoms with Gasteiger partial charge in [0.25, 0.3) is 0 Å². The van der Waals surface area contributed by atoms with Gasteiger partial charge in [-0.05, 0) is 56.6 Å². The predicted molar refractivity (Wildman–Crippen MR) is 133 cm³/mol. The lowest BCUT2D eigenvalue weighted by molar-refractivity contribution is 0.0609. The van der Waals surface area contributed by atoms with E-state index in [0.29, 0.717) is 45.6 Å². The van der Waals surface area contributed by atoms with E-state index >= 15 is 0 Å². The molecule has 2 aromatic carbocycles. The van der Waals surface area contributed by atoms with Gasteiger partial charge in [0, 0.05) is 48.8 Å². The zero-order valence-electron chi connectivity index (χ0n) is 18.5.